The quantitative estimate of drug-likeness (QED) is 0.842. The van der Waals surface area contributed by atoms with Crippen LogP contribution in [0.2, 0.25) is 0 Å². The van der Waals surface area contributed by atoms with E-state index < -0.39 is 12.4 Å². The van der Waals surface area contributed by atoms with E-state index in [0.29, 0.717) is 16.6 Å². The molecular formula is C13H15ClF3N3O2S. The van der Waals surface area contributed by atoms with Crippen molar-refractivity contribution in [3.63, 3.8) is 0 Å². The number of halogens is 4. The normalized spacial score (nSPS) is 12.6. The van der Waals surface area contributed by atoms with Crippen LogP contribution in [-0.2, 0) is 4.79 Å². The molecule has 128 valence electrons. The van der Waals surface area contributed by atoms with Gasteiger partial charge in [-0.25, -0.2) is 4.98 Å². The maximum atomic E-state index is 12.2. The van der Waals surface area contributed by atoms with Gasteiger partial charge in [0.2, 0.25) is 5.91 Å². The molecule has 0 fully saturated rings. The molecule has 1 heterocycles. The van der Waals surface area contributed by atoms with E-state index in [4.69, 9.17) is 5.73 Å². The maximum absolute atomic E-state index is 12.2. The standard InChI is InChI=1S/C13H14F3N3O2S.ClH/c1-2-3-8(17)11(20)19-12-18-9-5-4-7(6-10(9)22-12)21-13(14,15)16;/h4-6,8H,2-3,17H2,1H3,(H,18,19,20);1H. The molecule has 5 nitrogen and oxygen atoms in total. The van der Waals surface area contributed by atoms with Crippen LogP contribution in [-0.4, -0.2) is 23.3 Å². The van der Waals surface area contributed by atoms with Crippen molar-refractivity contribution in [2.75, 3.05) is 5.32 Å². The molecule has 0 saturated heterocycles. The Balaban J connectivity index is 0.00000264. The Hall–Kier alpha value is -1.58. The van der Waals surface area contributed by atoms with Crippen molar-refractivity contribution in [2.45, 2.75) is 32.2 Å². The summed E-state index contributed by atoms with van der Waals surface area (Å²) in [5, 5.41) is 2.85. The van der Waals surface area contributed by atoms with Crippen LogP contribution >= 0.6 is 23.7 Å². The lowest BCUT2D eigenvalue weighted by Crippen LogP contribution is -2.35. The molecule has 2 aromatic rings. The minimum Gasteiger partial charge on any atom is -0.406 e. The number of nitrogens with two attached hydrogens (primary N) is 1. The van der Waals surface area contributed by atoms with Gasteiger partial charge in [-0.3, -0.25) is 4.79 Å². The van der Waals surface area contributed by atoms with Gasteiger partial charge in [-0.1, -0.05) is 24.7 Å². The lowest BCUT2D eigenvalue weighted by Gasteiger charge is -2.08. The molecule has 1 aromatic carbocycles. The van der Waals surface area contributed by atoms with E-state index in [1.165, 1.54) is 18.2 Å². The Morgan fingerprint density at radius 2 is 2.17 bits per heavy atom. The third-order valence-electron chi connectivity index (χ3n) is 2.76. The van der Waals surface area contributed by atoms with E-state index in [9.17, 15) is 18.0 Å². The highest BCUT2D eigenvalue weighted by Gasteiger charge is 2.31. The van der Waals surface area contributed by atoms with Gasteiger partial charge in [0.1, 0.15) is 5.75 Å². The number of carbonyl (C=O) groups excluding carboxylic acids is 1. The first-order valence-corrected chi connectivity index (χ1v) is 7.33. The number of anilines is 1. The smallest absolute Gasteiger partial charge is 0.406 e. The van der Waals surface area contributed by atoms with Gasteiger partial charge in [-0.2, -0.15) is 0 Å². The fourth-order valence-electron chi connectivity index (χ4n) is 1.80. The first-order valence-electron chi connectivity index (χ1n) is 6.51. The van der Waals surface area contributed by atoms with Crippen molar-refractivity contribution in [3.8, 4) is 5.75 Å². The van der Waals surface area contributed by atoms with E-state index in [0.717, 1.165) is 17.8 Å². The number of nitrogens with zero attached hydrogens (tertiary/aromatic N) is 1. The van der Waals surface area contributed by atoms with E-state index in [-0.39, 0.29) is 29.2 Å². The van der Waals surface area contributed by atoms with Crippen LogP contribution in [0.25, 0.3) is 10.2 Å². The van der Waals surface area contributed by atoms with Crippen LogP contribution < -0.4 is 15.8 Å². The number of carbonyl (C=O) groups is 1. The molecule has 1 amide bonds. The summed E-state index contributed by atoms with van der Waals surface area (Å²) in [5.74, 6) is -0.697. The number of nitrogens with one attached hydrogen (secondary N) is 1. The predicted octanol–water partition coefficient (Wildman–Crippen LogP) is 3.68. The third-order valence-corrected chi connectivity index (χ3v) is 3.69. The monoisotopic (exact) mass is 369 g/mol. The predicted molar refractivity (Wildman–Crippen MR) is 85.1 cm³/mol. The summed E-state index contributed by atoms with van der Waals surface area (Å²) in [6.45, 7) is 1.91. The molecule has 23 heavy (non-hydrogen) atoms. The molecule has 10 heteroatoms. The summed E-state index contributed by atoms with van der Waals surface area (Å²) >= 11 is 1.06. The van der Waals surface area contributed by atoms with Crippen LogP contribution in [0.1, 0.15) is 19.8 Å². The molecule has 0 saturated carbocycles. The number of amides is 1. The van der Waals surface area contributed by atoms with Crippen molar-refractivity contribution in [2.24, 2.45) is 5.73 Å². The highest BCUT2D eigenvalue weighted by atomic mass is 35.5. The number of hydrogen-bond acceptors (Lipinski definition) is 5. The average molecular weight is 370 g/mol. The van der Waals surface area contributed by atoms with Crippen molar-refractivity contribution >= 4 is 45.0 Å². The fraction of sp³-hybridized carbons (Fsp3) is 0.385. The van der Waals surface area contributed by atoms with Gasteiger partial charge in [-0.05, 0) is 18.6 Å². The van der Waals surface area contributed by atoms with E-state index in [2.05, 4.69) is 15.0 Å². The van der Waals surface area contributed by atoms with Gasteiger partial charge < -0.3 is 15.8 Å². The van der Waals surface area contributed by atoms with E-state index in [1.54, 1.807) is 0 Å². The average Bonchev–Trinajstić information content (AvgIpc) is 2.78. The van der Waals surface area contributed by atoms with Crippen LogP contribution in [0.15, 0.2) is 18.2 Å². The molecule has 1 unspecified atom stereocenters. The Labute approximate surface area is 140 Å². The summed E-state index contributed by atoms with van der Waals surface area (Å²) in [4.78, 5) is 15.9. The molecule has 0 bridgehead atoms. The van der Waals surface area contributed by atoms with Gasteiger partial charge in [-0.15, -0.1) is 25.6 Å². The number of benzene rings is 1. The van der Waals surface area contributed by atoms with Crippen molar-refractivity contribution in [1.29, 1.82) is 0 Å². The fourth-order valence-corrected chi connectivity index (χ4v) is 2.69. The number of thiazole rings is 1. The largest absolute Gasteiger partial charge is 0.573 e. The molecule has 1 atom stereocenters. The molecule has 1 aromatic heterocycles. The van der Waals surface area contributed by atoms with E-state index >= 15 is 0 Å². The minimum absolute atomic E-state index is 0. The first kappa shape index (κ1) is 19.5. The highest BCUT2D eigenvalue weighted by molar-refractivity contribution is 7.22. The molecular weight excluding hydrogens is 355 g/mol. The second-order valence-electron chi connectivity index (χ2n) is 4.58. The van der Waals surface area contributed by atoms with Gasteiger partial charge in [0.05, 0.1) is 16.3 Å². The first-order chi connectivity index (χ1) is 10.3. The topological polar surface area (TPSA) is 77.2 Å². The summed E-state index contributed by atoms with van der Waals surface area (Å²) in [7, 11) is 0. The zero-order valence-electron chi connectivity index (χ0n) is 12.0. The minimum atomic E-state index is -4.75. The van der Waals surface area contributed by atoms with Gasteiger partial charge in [0.15, 0.2) is 5.13 Å². The second kappa shape index (κ2) is 7.80. The zero-order chi connectivity index (χ0) is 16.3. The number of alkyl halides is 3. The highest BCUT2D eigenvalue weighted by Crippen LogP contribution is 2.31. The van der Waals surface area contributed by atoms with Gasteiger partial charge >= 0.3 is 6.36 Å². The molecule has 0 spiro atoms. The summed E-state index contributed by atoms with van der Waals surface area (Å²) in [6, 6.07) is 3.15. The van der Waals surface area contributed by atoms with Crippen LogP contribution in [0.5, 0.6) is 5.75 Å². The number of hydrogen-bond donors (Lipinski definition) is 2. The maximum Gasteiger partial charge on any atom is 0.573 e. The van der Waals surface area contributed by atoms with Crippen molar-refractivity contribution < 1.29 is 22.7 Å². The lowest BCUT2D eigenvalue weighted by molar-refractivity contribution is -0.274. The van der Waals surface area contributed by atoms with Crippen molar-refractivity contribution in [3.05, 3.63) is 18.2 Å². The Kier molecular flexibility index (Phi) is 6.60. The Bertz CT molecular complexity index is 678. The molecule has 0 radical (unpaired) electrons. The summed E-state index contributed by atoms with van der Waals surface area (Å²) < 4.78 is 40.8. The Morgan fingerprint density at radius 1 is 1.48 bits per heavy atom. The van der Waals surface area contributed by atoms with Crippen LogP contribution in [0.4, 0.5) is 18.3 Å². The lowest BCUT2D eigenvalue weighted by atomic mass is 10.2. The number of ether oxygens (including phenoxy) is 1. The second-order valence-corrected chi connectivity index (χ2v) is 5.61. The van der Waals surface area contributed by atoms with Gasteiger partial charge in [0.25, 0.3) is 0 Å². The summed E-state index contributed by atoms with van der Waals surface area (Å²) in [5.41, 5.74) is 6.15. The molecule has 0 aliphatic rings. The zero-order valence-corrected chi connectivity index (χ0v) is 13.6. The number of aromatic nitrogens is 1. The third kappa shape index (κ3) is 5.52. The number of rotatable bonds is 5. The van der Waals surface area contributed by atoms with Crippen LogP contribution in [0.3, 0.4) is 0 Å². The molecule has 3 N–H and O–H groups in total. The SMILES string of the molecule is CCCC(N)C(=O)Nc1nc2ccc(OC(F)(F)F)cc2s1.Cl. The number of fused-ring (bicyclic) bond motifs is 1. The summed E-state index contributed by atoms with van der Waals surface area (Å²) in [6.07, 6.45) is -3.44. The molecule has 0 aliphatic carbocycles. The van der Waals surface area contributed by atoms with E-state index in [1.807, 2.05) is 6.92 Å². The molecule has 2 rings (SSSR count). The van der Waals surface area contributed by atoms with Crippen LogP contribution in [0, 0.1) is 0 Å². The molecule has 0 aliphatic heterocycles. The van der Waals surface area contributed by atoms with Crippen molar-refractivity contribution in [1.82, 2.24) is 4.98 Å². The Morgan fingerprint density at radius 3 is 2.78 bits per heavy atom. The van der Waals surface area contributed by atoms with Gasteiger partial charge in [0, 0.05) is 6.07 Å².